The van der Waals surface area contributed by atoms with Gasteiger partial charge in [0, 0.05) is 18.1 Å². The van der Waals surface area contributed by atoms with Crippen molar-refractivity contribution in [3.63, 3.8) is 0 Å². The highest BCUT2D eigenvalue weighted by Gasteiger charge is 2.21. The van der Waals surface area contributed by atoms with Crippen LogP contribution in [0.4, 0.5) is 0 Å². The number of halogens is 1. The van der Waals surface area contributed by atoms with Crippen LogP contribution in [0.2, 0.25) is 4.34 Å². The SMILES string of the molecule is CCOC(OCC)C(N)c1ccc(Cl)s1. The van der Waals surface area contributed by atoms with Crippen molar-refractivity contribution in [1.82, 2.24) is 0 Å². The van der Waals surface area contributed by atoms with Gasteiger partial charge < -0.3 is 15.2 Å². The van der Waals surface area contributed by atoms with E-state index in [1.54, 1.807) is 0 Å². The van der Waals surface area contributed by atoms with Gasteiger partial charge in [-0.05, 0) is 26.0 Å². The molecule has 0 radical (unpaired) electrons. The minimum Gasteiger partial charge on any atom is -0.351 e. The van der Waals surface area contributed by atoms with E-state index in [-0.39, 0.29) is 6.04 Å². The van der Waals surface area contributed by atoms with Gasteiger partial charge in [0.25, 0.3) is 0 Å². The van der Waals surface area contributed by atoms with E-state index in [4.69, 9.17) is 26.8 Å². The van der Waals surface area contributed by atoms with Crippen molar-refractivity contribution in [3.8, 4) is 0 Å². The van der Waals surface area contributed by atoms with Gasteiger partial charge in [0.05, 0.1) is 10.4 Å². The standard InChI is InChI=1S/C10H16ClNO2S/c1-3-13-10(14-4-2)9(12)7-5-6-8(11)15-7/h5-6,9-10H,3-4,12H2,1-2H3. The van der Waals surface area contributed by atoms with Crippen LogP contribution in [0.1, 0.15) is 24.8 Å². The number of hydrogen-bond acceptors (Lipinski definition) is 4. The highest BCUT2D eigenvalue weighted by atomic mass is 35.5. The molecule has 2 N–H and O–H groups in total. The quantitative estimate of drug-likeness (QED) is 0.789. The van der Waals surface area contributed by atoms with E-state index in [1.165, 1.54) is 11.3 Å². The molecule has 1 heterocycles. The number of hydrogen-bond donors (Lipinski definition) is 1. The van der Waals surface area contributed by atoms with Crippen LogP contribution < -0.4 is 5.73 Å². The zero-order valence-corrected chi connectivity index (χ0v) is 10.5. The Morgan fingerprint density at radius 1 is 1.33 bits per heavy atom. The minimum atomic E-state index is -0.394. The van der Waals surface area contributed by atoms with Crippen molar-refractivity contribution in [2.45, 2.75) is 26.2 Å². The number of thiophene rings is 1. The first-order valence-corrected chi connectivity index (χ1v) is 6.12. The predicted molar refractivity (Wildman–Crippen MR) is 63.3 cm³/mol. The van der Waals surface area contributed by atoms with Gasteiger partial charge in [-0.2, -0.15) is 0 Å². The zero-order chi connectivity index (χ0) is 11.3. The Hall–Kier alpha value is -0.130. The molecule has 1 aromatic rings. The number of rotatable bonds is 6. The first kappa shape index (κ1) is 12.9. The molecule has 0 aliphatic carbocycles. The van der Waals surface area contributed by atoms with Crippen molar-refractivity contribution in [2.75, 3.05) is 13.2 Å². The fourth-order valence-electron chi connectivity index (χ4n) is 1.23. The molecule has 0 amide bonds. The normalized spacial score (nSPS) is 13.4. The molecule has 1 atom stereocenters. The van der Waals surface area contributed by atoms with E-state index < -0.39 is 6.29 Å². The topological polar surface area (TPSA) is 44.5 Å². The second kappa shape index (κ2) is 6.45. The van der Waals surface area contributed by atoms with E-state index in [9.17, 15) is 0 Å². The highest BCUT2D eigenvalue weighted by molar-refractivity contribution is 7.16. The molecule has 0 aliphatic rings. The summed E-state index contributed by atoms with van der Waals surface area (Å²) in [7, 11) is 0. The Labute approximate surface area is 99.1 Å². The van der Waals surface area contributed by atoms with Gasteiger partial charge in [-0.1, -0.05) is 11.6 Å². The molecular formula is C10H16ClNO2S. The molecule has 3 nitrogen and oxygen atoms in total. The Balaban J connectivity index is 2.66. The fourth-order valence-corrected chi connectivity index (χ4v) is 2.30. The second-order valence-electron chi connectivity index (χ2n) is 2.95. The average Bonchev–Trinajstić information content (AvgIpc) is 2.63. The fraction of sp³-hybridized carbons (Fsp3) is 0.600. The van der Waals surface area contributed by atoms with Gasteiger partial charge in [-0.3, -0.25) is 0 Å². The Kier molecular flexibility index (Phi) is 5.56. The van der Waals surface area contributed by atoms with E-state index in [2.05, 4.69) is 0 Å². The summed E-state index contributed by atoms with van der Waals surface area (Å²) in [6.07, 6.45) is -0.394. The smallest absolute Gasteiger partial charge is 0.177 e. The third-order valence-electron chi connectivity index (χ3n) is 1.88. The molecule has 0 saturated heterocycles. The summed E-state index contributed by atoms with van der Waals surface area (Å²) in [5.74, 6) is 0. The third kappa shape index (κ3) is 3.74. The van der Waals surface area contributed by atoms with Crippen LogP contribution in [-0.4, -0.2) is 19.5 Å². The summed E-state index contributed by atoms with van der Waals surface area (Å²) in [5.41, 5.74) is 6.03. The van der Waals surface area contributed by atoms with Gasteiger partial charge >= 0.3 is 0 Å². The van der Waals surface area contributed by atoms with Crippen LogP contribution in [0, 0.1) is 0 Å². The summed E-state index contributed by atoms with van der Waals surface area (Å²) < 4.78 is 11.6. The van der Waals surface area contributed by atoms with E-state index >= 15 is 0 Å². The van der Waals surface area contributed by atoms with Crippen LogP contribution in [0.25, 0.3) is 0 Å². The van der Waals surface area contributed by atoms with Crippen molar-refractivity contribution in [1.29, 1.82) is 0 Å². The second-order valence-corrected chi connectivity index (χ2v) is 4.69. The number of ether oxygens (including phenoxy) is 2. The lowest BCUT2D eigenvalue weighted by atomic mass is 10.2. The molecule has 86 valence electrons. The number of nitrogens with two attached hydrogens (primary N) is 1. The zero-order valence-electron chi connectivity index (χ0n) is 8.90. The van der Waals surface area contributed by atoms with Crippen molar-refractivity contribution in [2.24, 2.45) is 5.73 Å². The molecule has 1 unspecified atom stereocenters. The first-order valence-electron chi connectivity index (χ1n) is 4.93. The Morgan fingerprint density at radius 3 is 2.33 bits per heavy atom. The van der Waals surface area contributed by atoms with Crippen LogP contribution in [0.5, 0.6) is 0 Å². The summed E-state index contributed by atoms with van der Waals surface area (Å²) in [5, 5.41) is 0. The maximum Gasteiger partial charge on any atom is 0.177 e. The third-order valence-corrected chi connectivity index (χ3v) is 3.21. The van der Waals surface area contributed by atoms with E-state index in [1.807, 2.05) is 26.0 Å². The van der Waals surface area contributed by atoms with Crippen molar-refractivity contribution >= 4 is 22.9 Å². The molecule has 0 fully saturated rings. The highest BCUT2D eigenvalue weighted by Crippen LogP contribution is 2.28. The summed E-state index contributed by atoms with van der Waals surface area (Å²) in [6.45, 7) is 5.00. The summed E-state index contributed by atoms with van der Waals surface area (Å²) >= 11 is 7.30. The van der Waals surface area contributed by atoms with Crippen LogP contribution >= 0.6 is 22.9 Å². The molecule has 1 rings (SSSR count). The average molecular weight is 250 g/mol. The minimum absolute atomic E-state index is 0.276. The van der Waals surface area contributed by atoms with Crippen LogP contribution in [-0.2, 0) is 9.47 Å². The molecule has 1 aromatic heterocycles. The molecule has 15 heavy (non-hydrogen) atoms. The summed E-state index contributed by atoms with van der Waals surface area (Å²) in [6, 6.07) is 3.46. The van der Waals surface area contributed by atoms with Gasteiger partial charge in [-0.25, -0.2) is 0 Å². The van der Waals surface area contributed by atoms with Crippen LogP contribution in [0.15, 0.2) is 12.1 Å². The predicted octanol–water partition coefficient (Wildman–Crippen LogP) is 2.80. The molecule has 0 saturated carbocycles. The van der Waals surface area contributed by atoms with Gasteiger partial charge in [0.2, 0.25) is 0 Å². The van der Waals surface area contributed by atoms with Gasteiger partial charge in [0.1, 0.15) is 0 Å². The lowest BCUT2D eigenvalue weighted by molar-refractivity contribution is -0.148. The van der Waals surface area contributed by atoms with Crippen molar-refractivity contribution < 1.29 is 9.47 Å². The maximum absolute atomic E-state index is 6.03. The molecule has 5 heteroatoms. The van der Waals surface area contributed by atoms with Gasteiger partial charge in [-0.15, -0.1) is 11.3 Å². The van der Waals surface area contributed by atoms with Gasteiger partial charge in [0.15, 0.2) is 6.29 Å². The Morgan fingerprint density at radius 2 is 1.93 bits per heavy atom. The molecule has 0 bridgehead atoms. The largest absolute Gasteiger partial charge is 0.351 e. The lowest BCUT2D eigenvalue weighted by Gasteiger charge is -2.22. The Bertz CT molecular complexity index is 287. The van der Waals surface area contributed by atoms with Crippen molar-refractivity contribution in [3.05, 3.63) is 21.3 Å². The maximum atomic E-state index is 6.03. The first-order chi connectivity index (χ1) is 7.19. The molecular weight excluding hydrogens is 234 g/mol. The monoisotopic (exact) mass is 249 g/mol. The lowest BCUT2D eigenvalue weighted by Crippen LogP contribution is -2.31. The van der Waals surface area contributed by atoms with Crippen LogP contribution in [0.3, 0.4) is 0 Å². The van der Waals surface area contributed by atoms with E-state index in [0.717, 1.165) is 9.21 Å². The van der Waals surface area contributed by atoms with E-state index in [0.29, 0.717) is 13.2 Å². The molecule has 0 aliphatic heterocycles. The molecule has 0 spiro atoms. The summed E-state index contributed by atoms with van der Waals surface area (Å²) in [4.78, 5) is 0.979. The molecule has 0 aromatic carbocycles.